The number of piperidine rings is 1. The summed E-state index contributed by atoms with van der Waals surface area (Å²) in [7, 11) is 0. The van der Waals surface area contributed by atoms with E-state index in [-0.39, 0.29) is 11.9 Å². The molecule has 1 aromatic carbocycles. The molecule has 2 fully saturated rings. The Morgan fingerprint density at radius 2 is 1.89 bits per heavy atom. The van der Waals surface area contributed by atoms with Crippen LogP contribution in [0.3, 0.4) is 0 Å². The highest BCUT2D eigenvalue weighted by Crippen LogP contribution is 2.25. The number of aromatic nitrogens is 4. The average Bonchev–Trinajstić information content (AvgIpc) is 3.50. The number of amides is 1. The summed E-state index contributed by atoms with van der Waals surface area (Å²) in [6.45, 7) is 9.79. The number of rotatable bonds is 10. The van der Waals surface area contributed by atoms with Crippen LogP contribution in [0.25, 0.3) is 11.2 Å². The van der Waals surface area contributed by atoms with Crippen LogP contribution in [0.1, 0.15) is 57.6 Å². The van der Waals surface area contributed by atoms with Gasteiger partial charge in [-0.2, -0.15) is 9.97 Å². The van der Waals surface area contributed by atoms with Crippen LogP contribution in [0.4, 0.5) is 11.8 Å². The van der Waals surface area contributed by atoms with Crippen molar-refractivity contribution in [3.8, 4) is 0 Å². The number of imidazole rings is 1. The van der Waals surface area contributed by atoms with Crippen molar-refractivity contribution in [1.29, 1.82) is 0 Å². The van der Waals surface area contributed by atoms with E-state index in [1.807, 2.05) is 11.2 Å². The number of nitrogens with one attached hydrogen (secondary N) is 2. The molecule has 0 radical (unpaired) electrons. The van der Waals surface area contributed by atoms with E-state index < -0.39 is 0 Å². The molecule has 192 valence electrons. The Kier molecular flexibility index (Phi) is 7.65. The van der Waals surface area contributed by atoms with E-state index in [1.165, 1.54) is 5.56 Å². The number of anilines is 2. The standard InChI is InChI=1S/C27H38N8O/c1-20(2)35-19-29-24-25(28-13-7-15-34-14-6-10-23(34)36)31-27(32-26(24)35)30-22-11-16-33(17-12-22)18-21-8-4-3-5-9-21/h3-5,8-9,19-20,22H,6-7,10-18H2,1-2H3,(H2,28,30,31,32). The molecule has 9 heteroatoms. The molecule has 2 aliphatic heterocycles. The van der Waals surface area contributed by atoms with Crippen molar-refractivity contribution in [2.75, 3.05) is 43.4 Å². The van der Waals surface area contributed by atoms with Gasteiger partial charge in [0.2, 0.25) is 11.9 Å². The van der Waals surface area contributed by atoms with Crippen LogP contribution >= 0.6 is 0 Å². The maximum Gasteiger partial charge on any atom is 0.227 e. The first-order valence-electron chi connectivity index (χ1n) is 13.4. The number of benzene rings is 1. The molecule has 5 rings (SSSR count). The van der Waals surface area contributed by atoms with Crippen LogP contribution in [0.2, 0.25) is 0 Å². The Bertz CT molecular complexity index is 1150. The molecule has 0 bridgehead atoms. The van der Waals surface area contributed by atoms with Crippen LogP contribution in [-0.2, 0) is 11.3 Å². The lowest BCUT2D eigenvalue weighted by Crippen LogP contribution is -2.39. The van der Waals surface area contributed by atoms with Crippen LogP contribution in [0, 0.1) is 0 Å². The van der Waals surface area contributed by atoms with E-state index in [2.05, 4.69) is 69.3 Å². The third-order valence-electron chi connectivity index (χ3n) is 7.22. The van der Waals surface area contributed by atoms with Gasteiger partial charge in [0, 0.05) is 57.8 Å². The topological polar surface area (TPSA) is 91.2 Å². The minimum absolute atomic E-state index is 0.257. The summed E-state index contributed by atoms with van der Waals surface area (Å²) >= 11 is 0. The predicted molar refractivity (Wildman–Crippen MR) is 143 cm³/mol. The highest BCUT2D eigenvalue weighted by atomic mass is 16.2. The van der Waals surface area contributed by atoms with Gasteiger partial charge in [-0.15, -0.1) is 0 Å². The summed E-state index contributed by atoms with van der Waals surface area (Å²) in [5, 5.41) is 7.09. The summed E-state index contributed by atoms with van der Waals surface area (Å²) in [5.74, 6) is 1.69. The summed E-state index contributed by atoms with van der Waals surface area (Å²) < 4.78 is 2.10. The van der Waals surface area contributed by atoms with E-state index in [9.17, 15) is 4.79 Å². The van der Waals surface area contributed by atoms with E-state index in [1.54, 1.807) is 0 Å². The molecule has 2 aromatic heterocycles. The van der Waals surface area contributed by atoms with Gasteiger partial charge < -0.3 is 20.1 Å². The second kappa shape index (κ2) is 11.2. The normalized spacial score (nSPS) is 17.4. The van der Waals surface area contributed by atoms with Gasteiger partial charge >= 0.3 is 0 Å². The van der Waals surface area contributed by atoms with Crippen molar-refractivity contribution in [2.24, 2.45) is 0 Å². The lowest BCUT2D eigenvalue weighted by molar-refractivity contribution is -0.127. The molecule has 0 unspecified atom stereocenters. The van der Waals surface area contributed by atoms with Gasteiger partial charge in [0.05, 0.1) is 6.33 Å². The van der Waals surface area contributed by atoms with E-state index in [4.69, 9.17) is 9.97 Å². The Morgan fingerprint density at radius 3 is 2.61 bits per heavy atom. The van der Waals surface area contributed by atoms with Gasteiger partial charge in [0.1, 0.15) is 0 Å². The predicted octanol–water partition coefficient (Wildman–Crippen LogP) is 3.91. The number of fused-ring (bicyclic) bond motifs is 1. The SMILES string of the molecule is CC(C)n1cnc2c(NCCCN3CCCC3=O)nc(NC3CCN(Cc4ccccc4)CC3)nc21. The van der Waals surface area contributed by atoms with Crippen molar-refractivity contribution >= 4 is 28.8 Å². The summed E-state index contributed by atoms with van der Waals surface area (Å²) in [6.07, 6.45) is 6.52. The van der Waals surface area contributed by atoms with Crippen LogP contribution in [-0.4, -0.2) is 74.0 Å². The lowest BCUT2D eigenvalue weighted by atomic mass is 10.0. The molecule has 0 saturated carbocycles. The van der Waals surface area contributed by atoms with Crippen molar-refractivity contribution in [3.05, 3.63) is 42.2 Å². The second-order valence-corrected chi connectivity index (χ2v) is 10.3. The molecule has 2 aliphatic rings. The molecule has 2 N–H and O–H groups in total. The molecular weight excluding hydrogens is 452 g/mol. The maximum atomic E-state index is 11.9. The molecule has 2 saturated heterocycles. The third-order valence-corrected chi connectivity index (χ3v) is 7.22. The molecule has 4 heterocycles. The molecule has 0 spiro atoms. The largest absolute Gasteiger partial charge is 0.368 e. The zero-order valence-electron chi connectivity index (χ0n) is 21.5. The molecule has 36 heavy (non-hydrogen) atoms. The highest BCUT2D eigenvalue weighted by molar-refractivity contribution is 5.84. The average molecular weight is 491 g/mol. The van der Waals surface area contributed by atoms with E-state index in [0.29, 0.717) is 18.4 Å². The van der Waals surface area contributed by atoms with Gasteiger partial charge in [0.15, 0.2) is 17.0 Å². The van der Waals surface area contributed by atoms with Crippen molar-refractivity contribution in [2.45, 2.75) is 64.6 Å². The summed E-state index contributed by atoms with van der Waals surface area (Å²) in [5.41, 5.74) is 3.01. The fourth-order valence-corrected chi connectivity index (χ4v) is 5.16. The molecule has 3 aromatic rings. The molecule has 9 nitrogen and oxygen atoms in total. The molecule has 1 amide bonds. The van der Waals surface area contributed by atoms with Crippen LogP contribution in [0.5, 0.6) is 0 Å². The lowest BCUT2D eigenvalue weighted by Gasteiger charge is -2.32. The van der Waals surface area contributed by atoms with Gasteiger partial charge in [-0.25, -0.2) is 4.98 Å². The Labute approximate surface area is 213 Å². The van der Waals surface area contributed by atoms with E-state index in [0.717, 1.165) is 81.9 Å². The van der Waals surface area contributed by atoms with Gasteiger partial charge in [-0.1, -0.05) is 30.3 Å². The van der Waals surface area contributed by atoms with Crippen LogP contribution < -0.4 is 10.6 Å². The van der Waals surface area contributed by atoms with Gasteiger partial charge in [-0.05, 0) is 45.1 Å². The van der Waals surface area contributed by atoms with E-state index >= 15 is 0 Å². The molecule has 0 atom stereocenters. The first-order chi connectivity index (χ1) is 17.6. The van der Waals surface area contributed by atoms with Crippen molar-refractivity contribution in [3.63, 3.8) is 0 Å². The monoisotopic (exact) mass is 490 g/mol. The Morgan fingerprint density at radius 1 is 1.08 bits per heavy atom. The Balaban J connectivity index is 1.22. The smallest absolute Gasteiger partial charge is 0.227 e. The highest BCUT2D eigenvalue weighted by Gasteiger charge is 2.22. The quantitative estimate of drug-likeness (QED) is 0.417. The first kappa shape index (κ1) is 24.5. The zero-order chi connectivity index (χ0) is 24.9. The molecule has 0 aliphatic carbocycles. The first-order valence-corrected chi connectivity index (χ1v) is 13.4. The van der Waals surface area contributed by atoms with Crippen LogP contribution in [0.15, 0.2) is 36.7 Å². The maximum absolute atomic E-state index is 11.9. The number of likely N-dealkylation sites (tertiary alicyclic amines) is 2. The summed E-state index contributed by atoms with van der Waals surface area (Å²) in [6, 6.07) is 11.3. The number of carbonyl (C=O) groups excluding carboxylic acids is 1. The van der Waals surface area contributed by atoms with Crippen molar-refractivity contribution < 1.29 is 4.79 Å². The zero-order valence-corrected chi connectivity index (χ0v) is 21.5. The van der Waals surface area contributed by atoms with Crippen molar-refractivity contribution in [1.82, 2.24) is 29.3 Å². The number of hydrogen-bond donors (Lipinski definition) is 2. The fraction of sp³-hybridized carbons (Fsp3) is 0.556. The fourth-order valence-electron chi connectivity index (χ4n) is 5.16. The number of hydrogen-bond acceptors (Lipinski definition) is 7. The third kappa shape index (κ3) is 5.78. The van der Waals surface area contributed by atoms with Gasteiger partial charge in [0.25, 0.3) is 0 Å². The Hall–Kier alpha value is -3.20. The summed E-state index contributed by atoms with van der Waals surface area (Å²) in [4.78, 5) is 30.7. The number of carbonyl (C=O) groups is 1. The second-order valence-electron chi connectivity index (χ2n) is 10.3. The molecular formula is C27H38N8O. The van der Waals surface area contributed by atoms with Gasteiger partial charge in [-0.3, -0.25) is 9.69 Å². The minimum Gasteiger partial charge on any atom is -0.368 e. The number of nitrogens with zero attached hydrogens (tertiary/aromatic N) is 6. The minimum atomic E-state index is 0.257.